The molecule has 2 aromatic carbocycles. The second-order valence-electron chi connectivity index (χ2n) is 5.50. The molecule has 0 aromatic heterocycles. The van der Waals surface area contributed by atoms with Gasteiger partial charge in [0.1, 0.15) is 5.75 Å². The van der Waals surface area contributed by atoms with E-state index in [1.165, 1.54) is 5.56 Å². The minimum Gasteiger partial charge on any atom is -0.484 e. The topological polar surface area (TPSA) is 56.8 Å². The Bertz CT molecular complexity index is 727. The number of carbonyl (C=O) groups excluding carboxylic acids is 1. The summed E-state index contributed by atoms with van der Waals surface area (Å²) in [6, 6.07) is 11.4. The van der Waals surface area contributed by atoms with Crippen LogP contribution in [0.2, 0.25) is 0 Å². The number of amides is 1. The maximum Gasteiger partial charge on any atom is 0.258 e. The molecule has 0 aliphatic carbocycles. The van der Waals surface area contributed by atoms with Crippen LogP contribution in [0.4, 0.5) is 0 Å². The molecule has 23 heavy (non-hydrogen) atoms. The van der Waals surface area contributed by atoms with Crippen molar-refractivity contribution in [3.05, 3.63) is 53.1 Å². The molecule has 0 saturated heterocycles. The van der Waals surface area contributed by atoms with Crippen LogP contribution >= 0.6 is 0 Å². The smallest absolute Gasteiger partial charge is 0.258 e. The third-order valence-corrected chi connectivity index (χ3v) is 3.77. The van der Waals surface area contributed by atoms with E-state index in [0.29, 0.717) is 18.0 Å². The number of rotatable bonds is 5. The van der Waals surface area contributed by atoms with E-state index < -0.39 is 0 Å². The van der Waals surface area contributed by atoms with Crippen LogP contribution in [0.1, 0.15) is 16.7 Å². The van der Waals surface area contributed by atoms with Crippen molar-refractivity contribution in [3.8, 4) is 17.2 Å². The zero-order valence-corrected chi connectivity index (χ0v) is 13.2. The van der Waals surface area contributed by atoms with E-state index in [-0.39, 0.29) is 19.3 Å². The van der Waals surface area contributed by atoms with E-state index in [2.05, 4.69) is 5.32 Å². The Morgan fingerprint density at radius 3 is 2.74 bits per heavy atom. The van der Waals surface area contributed by atoms with Gasteiger partial charge in [-0.25, -0.2) is 0 Å². The molecule has 1 heterocycles. The normalized spacial score (nSPS) is 12.1. The summed E-state index contributed by atoms with van der Waals surface area (Å²) in [4.78, 5) is 11.9. The van der Waals surface area contributed by atoms with Crippen molar-refractivity contribution in [1.82, 2.24) is 5.32 Å². The Labute approximate surface area is 135 Å². The molecular weight excluding hydrogens is 294 g/mol. The average molecular weight is 313 g/mol. The molecule has 1 aliphatic rings. The van der Waals surface area contributed by atoms with Gasteiger partial charge in [0.15, 0.2) is 18.1 Å². The molecule has 0 fully saturated rings. The van der Waals surface area contributed by atoms with Crippen LogP contribution < -0.4 is 19.5 Å². The van der Waals surface area contributed by atoms with Crippen LogP contribution in [0.5, 0.6) is 17.2 Å². The number of ether oxygens (including phenoxy) is 3. The number of carbonyl (C=O) groups is 1. The molecule has 0 spiro atoms. The molecule has 0 bridgehead atoms. The number of fused-ring (bicyclic) bond motifs is 1. The lowest BCUT2D eigenvalue weighted by atomic mass is 10.1. The Morgan fingerprint density at radius 2 is 1.91 bits per heavy atom. The van der Waals surface area contributed by atoms with Gasteiger partial charge in [0, 0.05) is 6.54 Å². The van der Waals surface area contributed by atoms with Gasteiger partial charge in [0.25, 0.3) is 5.91 Å². The van der Waals surface area contributed by atoms with Gasteiger partial charge >= 0.3 is 0 Å². The van der Waals surface area contributed by atoms with E-state index in [1.54, 1.807) is 0 Å². The zero-order valence-electron chi connectivity index (χ0n) is 13.2. The molecule has 0 radical (unpaired) electrons. The summed E-state index contributed by atoms with van der Waals surface area (Å²) in [5.74, 6) is 1.98. The first-order valence-corrected chi connectivity index (χ1v) is 7.47. The summed E-state index contributed by atoms with van der Waals surface area (Å²) in [6.07, 6.45) is 0. The molecule has 1 aliphatic heterocycles. The highest BCUT2D eigenvalue weighted by Crippen LogP contribution is 2.32. The van der Waals surface area contributed by atoms with Gasteiger partial charge in [-0.2, -0.15) is 0 Å². The van der Waals surface area contributed by atoms with Crippen LogP contribution in [-0.4, -0.2) is 19.3 Å². The van der Waals surface area contributed by atoms with Crippen molar-refractivity contribution >= 4 is 5.91 Å². The first-order valence-electron chi connectivity index (χ1n) is 7.47. The molecule has 5 heteroatoms. The van der Waals surface area contributed by atoms with Crippen molar-refractivity contribution in [2.75, 3.05) is 13.4 Å². The van der Waals surface area contributed by atoms with Crippen molar-refractivity contribution in [2.45, 2.75) is 20.4 Å². The van der Waals surface area contributed by atoms with Gasteiger partial charge < -0.3 is 19.5 Å². The zero-order chi connectivity index (χ0) is 16.2. The van der Waals surface area contributed by atoms with Crippen LogP contribution in [-0.2, 0) is 11.3 Å². The summed E-state index contributed by atoms with van der Waals surface area (Å²) in [6.45, 7) is 4.72. The molecule has 120 valence electrons. The van der Waals surface area contributed by atoms with E-state index >= 15 is 0 Å². The molecule has 2 aromatic rings. The molecule has 0 saturated carbocycles. The van der Waals surface area contributed by atoms with Crippen LogP contribution in [0, 0.1) is 13.8 Å². The molecule has 0 unspecified atom stereocenters. The Morgan fingerprint density at radius 1 is 1.09 bits per heavy atom. The number of nitrogens with one attached hydrogen (secondary N) is 1. The molecule has 1 amide bonds. The predicted octanol–water partition coefficient (Wildman–Crippen LogP) is 2.73. The Hall–Kier alpha value is -2.69. The highest BCUT2D eigenvalue weighted by atomic mass is 16.7. The summed E-state index contributed by atoms with van der Waals surface area (Å²) < 4.78 is 16.1. The fourth-order valence-corrected chi connectivity index (χ4v) is 2.26. The molecule has 3 rings (SSSR count). The molecule has 5 nitrogen and oxygen atoms in total. The summed E-state index contributed by atoms with van der Waals surface area (Å²) in [5, 5.41) is 2.83. The monoisotopic (exact) mass is 313 g/mol. The average Bonchev–Trinajstić information content (AvgIpc) is 3.01. The Balaban J connectivity index is 1.48. The number of hydrogen-bond donors (Lipinski definition) is 1. The molecular formula is C18H19NO4. The maximum atomic E-state index is 11.9. The molecule has 0 atom stereocenters. The number of aryl methyl sites for hydroxylation is 2. The first-order chi connectivity index (χ1) is 11.1. The third-order valence-electron chi connectivity index (χ3n) is 3.77. The fraction of sp³-hybridized carbons (Fsp3) is 0.278. The van der Waals surface area contributed by atoms with Gasteiger partial charge in [-0.15, -0.1) is 0 Å². The van der Waals surface area contributed by atoms with E-state index in [0.717, 1.165) is 16.9 Å². The lowest BCUT2D eigenvalue weighted by Gasteiger charge is -2.09. The SMILES string of the molecule is Cc1ccc(OCC(=O)NCc2ccc3c(c2)OCO3)cc1C. The van der Waals surface area contributed by atoms with E-state index in [4.69, 9.17) is 14.2 Å². The number of benzene rings is 2. The second kappa shape index (κ2) is 6.60. The predicted molar refractivity (Wildman–Crippen MR) is 85.8 cm³/mol. The Kier molecular flexibility index (Phi) is 4.37. The first kappa shape index (κ1) is 15.2. The van der Waals surface area contributed by atoms with Crippen LogP contribution in [0.15, 0.2) is 36.4 Å². The highest BCUT2D eigenvalue weighted by Gasteiger charge is 2.13. The highest BCUT2D eigenvalue weighted by molar-refractivity contribution is 5.77. The van der Waals surface area contributed by atoms with E-state index in [9.17, 15) is 4.79 Å². The van der Waals surface area contributed by atoms with Crippen LogP contribution in [0.3, 0.4) is 0 Å². The third kappa shape index (κ3) is 3.74. The van der Waals surface area contributed by atoms with Gasteiger partial charge in [-0.1, -0.05) is 12.1 Å². The number of hydrogen-bond acceptors (Lipinski definition) is 4. The maximum absolute atomic E-state index is 11.9. The van der Waals surface area contributed by atoms with Gasteiger partial charge in [-0.3, -0.25) is 4.79 Å². The largest absolute Gasteiger partial charge is 0.484 e. The van der Waals surface area contributed by atoms with Crippen LogP contribution in [0.25, 0.3) is 0 Å². The summed E-state index contributed by atoms with van der Waals surface area (Å²) in [7, 11) is 0. The van der Waals surface area contributed by atoms with E-state index in [1.807, 2.05) is 50.2 Å². The summed E-state index contributed by atoms with van der Waals surface area (Å²) in [5.41, 5.74) is 3.29. The minimum atomic E-state index is -0.166. The lowest BCUT2D eigenvalue weighted by Crippen LogP contribution is -2.28. The minimum absolute atomic E-state index is 0.00689. The van der Waals surface area contributed by atoms with Gasteiger partial charge in [0.05, 0.1) is 0 Å². The quantitative estimate of drug-likeness (QED) is 0.922. The van der Waals surface area contributed by atoms with Crippen molar-refractivity contribution in [1.29, 1.82) is 0 Å². The standard InChI is InChI=1S/C18H19NO4/c1-12-3-5-15(7-13(12)2)21-10-18(20)19-9-14-4-6-16-17(8-14)23-11-22-16/h3-8H,9-11H2,1-2H3,(H,19,20). The molecule has 1 N–H and O–H groups in total. The second-order valence-corrected chi connectivity index (χ2v) is 5.50. The van der Waals surface area contributed by atoms with Crippen molar-refractivity contribution in [3.63, 3.8) is 0 Å². The summed E-state index contributed by atoms with van der Waals surface area (Å²) >= 11 is 0. The fourth-order valence-electron chi connectivity index (χ4n) is 2.26. The van der Waals surface area contributed by atoms with Crippen molar-refractivity contribution < 1.29 is 19.0 Å². The van der Waals surface area contributed by atoms with Gasteiger partial charge in [0.2, 0.25) is 6.79 Å². The van der Waals surface area contributed by atoms with Gasteiger partial charge in [-0.05, 0) is 54.8 Å². The van der Waals surface area contributed by atoms with Crippen molar-refractivity contribution in [2.24, 2.45) is 0 Å². The lowest BCUT2D eigenvalue weighted by molar-refractivity contribution is -0.123.